The van der Waals surface area contributed by atoms with Gasteiger partial charge in [0.25, 0.3) is 0 Å². The van der Waals surface area contributed by atoms with Gasteiger partial charge in [-0.1, -0.05) is 6.92 Å². The van der Waals surface area contributed by atoms with E-state index in [1.807, 2.05) is 6.92 Å². The molecule has 0 spiro atoms. The molecule has 0 amide bonds. The monoisotopic (exact) mass is 184 g/mol. The van der Waals surface area contributed by atoms with E-state index in [-0.39, 0.29) is 23.9 Å². The first-order valence-electron chi connectivity index (χ1n) is 4.76. The van der Waals surface area contributed by atoms with Gasteiger partial charge < -0.3 is 0 Å². The van der Waals surface area contributed by atoms with Crippen molar-refractivity contribution in [3.8, 4) is 0 Å². The fourth-order valence-corrected chi connectivity index (χ4v) is 2.64. The first kappa shape index (κ1) is 8.85. The highest BCUT2D eigenvalue weighted by atomic mass is 19.1. The zero-order chi connectivity index (χ0) is 9.64. The van der Waals surface area contributed by atoms with Crippen LogP contribution in [0.1, 0.15) is 32.6 Å². The minimum atomic E-state index is -1.38. The molecular formula is C10H13FO2. The summed E-state index contributed by atoms with van der Waals surface area (Å²) in [5, 5.41) is 0. The molecule has 3 heteroatoms. The molecule has 0 radical (unpaired) electrons. The third-order valence-corrected chi connectivity index (χ3v) is 3.69. The number of rotatable bonds is 0. The molecule has 2 nitrogen and oxygen atoms in total. The SMILES string of the molecule is C[C@]12CCC(=O)[C@H](F)[C@H]1CCC2=O. The lowest BCUT2D eigenvalue weighted by molar-refractivity contribution is -0.137. The molecule has 72 valence electrons. The third-order valence-electron chi connectivity index (χ3n) is 3.69. The molecule has 2 aliphatic carbocycles. The minimum Gasteiger partial charge on any atom is -0.299 e. The van der Waals surface area contributed by atoms with Crippen molar-refractivity contribution in [2.24, 2.45) is 11.3 Å². The number of carbonyl (C=O) groups excluding carboxylic acids is 2. The molecule has 0 aromatic rings. The van der Waals surface area contributed by atoms with Crippen LogP contribution in [0.4, 0.5) is 4.39 Å². The van der Waals surface area contributed by atoms with Crippen molar-refractivity contribution >= 4 is 11.6 Å². The molecule has 0 aromatic heterocycles. The topological polar surface area (TPSA) is 34.1 Å². The van der Waals surface area contributed by atoms with Crippen molar-refractivity contribution in [1.82, 2.24) is 0 Å². The van der Waals surface area contributed by atoms with Crippen LogP contribution in [0.25, 0.3) is 0 Å². The van der Waals surface area contributed by atoms with Gasteiger partial charge in [0, 0.05) is 24.2 Å². The lowest BCUT2D eigenvalue weighted by Gasteiger charge is -2.35. The Balaban J connectivity index is 2.31. The van der Waals surface area contributed by atoms with Crippen LogP contribution in [-0.2, 0) is 9.59 Å². The largest absolute Gasteiger partial charge is 0.299 e. The summed E-state index contributed by atoms with van der Waals surface area (Å²) in [4.78, 5) is 22.6. The molecule has 0 heterocycles. The van der Waals surface area contributed by atoms with Crippen molar-refractivity contribution in [1.29, 1.82) is 0 Å². The molecule has 2 fully saturated rings. The molecule has 2 rings (SSSR count). The average molecular weight is 184 g/mol. The van der Waals surface area contributed by atoms with E-state index in [1.165, 1.54) is 0 Å². The van der Waals surface area contributed by atoms with E-state index in [0.717, 1.165) is 0 Å². The van der Waals surface area contributed by atoms with Crippen molar-refractivity contribution in [3.05, 3.63) is 0 Å². The van der Waals surface area contributed by atoms with Crippen LogP contribution in [0.15, 0.2) is 0 Å². The number of carbonyl (C=O) groups is 2. The molecule has 13 heavy (non-hydrogen) atoms. The van der Waals surface area contributed by atoms with Crippen molar-refractivity contribution in [2.45, 2.75) is 38.8 Å². The maximum Gasteiger partial charge on any atom is 0.167 e. The maximum atomic E-state index is 13.4. The Hall–Kier alpha value is -0.730. The van der Waals surface area contributed by atoms with Crippen molar-refractivity contribution < 1.29 is 14.0 Å². The molecule has 0 N–H and O–H groups in total. The highest BCUT2D eigenvalue weighted by Gasteiger charge is 2.53. The van der Waals surface area contributed by atoms with Crippen molar-refractivity contribution in [3.63, 3.8) is 0 Å². The smallest absolute Gasteiger partial charge is 0.167 e. The molecule has 3 atom stereocenters. The molecule has 0 saturated heterocycles. The molecule has 2 aliphatic rings. The number of hydrogen-bond acceptors (Lipinski definition) is 2. The number of ketones is 2. The van der Waals surface area contributed by atoms with E-state index in [4.69, 9.17) is 0 Å². The van der Waals surface area contributed by atoms with Gasteiger partial charge in [-0.2, -0.15) is 0 Å². The lowest BCUT2D eigenvalue weighted by atomic mass is 9.68. The van der Waals surface area contributed by atoms with Gasteiger partial charge in [-0.3, -0.25) is 9.59 Å². The normalized spacial score (nSPS) is 45.1. The maximum absolute atomic E-state index is 13.4. The van der Waals surface area contributed by atoms with Crippen LogP contribution in [0.5, 0.6) is 0 Å². The minimum absolute atomic E-state index is 0.146. The first-order valence-corrected chi connectivity index (χ1v) is 4.76. The van der Waals surface area contributed by atoms with Gasteiger partial charge in [-0.05, 0) is 12.8 Å². The Morgan fingerprint density at radius 3 is 2.77 bits per heavy atom. The fraction of sp³-hybridized carbons (Fsp3) is 0.800. The van der Waals surface area contributed by atoms with Crippen LogP contribution in [-0.4, -0.2) is 17.7 Å². The Kier molecular flexibility index (Phi) is 1.79. The second-order valence-corrected chi connectivity index (χ2v) is 4.35. The van der Waals surface area contributed by atoms with E-state index < -0.39 is 11.6 Å². The summed E-state index contributed by atoms with van der Waals surface area (Å²) in [6, 6.07) is 0. The average Bonchev–Trinajstić information content (AvgIpc) is 2.39. The molecule has 0 aliphatic heterocycles. The van der Waals surface area contributed by atoms with Gasteiger partial charge in [0.15, 0.2) is 12.0 Å². The predicted molar refractivity (Wildman–Crippen MR) is 45.0 cm³/mol. The molecular weight excluding hydrogens is 171 g/mol. The standard InChI is InChI=1S/C10H13FO2/c1-10-5-4-7(12)9(11)6(10)2-3-8(10)13/h6,9H,2-5H2,1H3/t6-,9-,10+/m1/s1. The molecule has 0 bridgehead atoms. The van der Waals surface area contributed by atoms with Crippen LogP contribution < -0.4 is 0 Å². The summed E-state index contributed by atoms with van der Waals surface area (Å²) < 4.78 is 13.4. The second kappa shape index (κ2) is 2.63. The van der Waals surface area contributed by atoms with Gasteiger partial charge in [0.2, 0.25) is 0 Å². The highest BCUT2D eigenvalue weighted by Crippen LogP contribution is 2.49. The van der Waals surface area contributed by atoms with E-state index in [9.17, 15) is 14.0 Å². The van der Waals surface area contributed by atoms with Gasteiger partial charge in [-0.25, -0.2) is 4.39 Å². The number of halogens is 1. The zero-order valence-corrected chi connectivity index (χ0v) is 7.68. The highest BCUT2D eigenvalue weighted by molar-refractivity contribution is 5.93. The summed E-state index contributed by atoms with van der Waals surface area (Å²) >= 11 is 0. The lowest BCUT2D eigenvalue weighted by Crippen LogP contribution is -2.43. The Bertz CT molecular complexity index is 274. The van der Waals surface area contributed by atoms with Crippen molar-refractivity contribution in [2.75, 3.05) is 0 Å². The quantitative estimate of drug-likeness (QED) is 0.574. The van der Waals surface area contributed by atoms with Gasteiger partial charge >= 0.3 is 0 Å². The fourth-order valence-electron chi connectivity index (χ4n) is 2.64. The molecule has 0 unspecified atom stereocenters. The Labute approximate surface area is 76.5 Å². The third kappa shape index (κ3) is 1.06. The molecule has 2 saturated carbocycles. The number of alkyl halides is 1. The van der Waals surface area contributed by atoms with Gasteiger partial charge in [-0.15, -0.1) is 0 Å². The van der Waals surface area contributed by atoms with Gasteiger partial charge in [0.05, 0.1) is 0 Å². The Morgan fingerprint density at radius 2 is 2.08 bits per heavy atom. The predicted octanol–water partition coefficient (Wildman–Crippen LogP) is 1.67. The zero-order valence-electron chi connectivity index (χ0n) is 7.68. The van der Waals surface area contributed by atoms with E-state index in [2.05, 4.69) is 0 Å². The van der Waals surface area contributed by atoms with E-state index in [0.29, 0.717) is 19.3 Å². The first-order chi connectivity index (χ1) is 6.05. The van der Waals surface area contributed by atoms with E-state index in [1.54, 1.807) is 0 Å². The summed E-state index contributed by atoms with van der Waals surface area (Å²) in [5.74, 6) is -0.494. The second-order valence-electron chi connectivity index (χ2n) is 4.35. The van der Waals surface area contributed by atoms with Crippen LogP contribution in [0.3, 0.4) is 0 Å². The molecule has 0 aromatic carbocycles. The van der Waals surface area contributed by atoms with Gasteiger partial charge in [0.1, 0.15) is 5.78 Å². The number of Topliss-reactive ketones (excluding diaryl/α,β-unsaturated/α-hetero) is 2. The Morgan fingerprint density at radius 1 is 1.38 bits per heavy atom. The van der Waals surface area contributed by atoms with Crippen LogP contribution in [0.2, 0.25) is 0 Å². The summed E-state index contributed by atoms with van der Waals surface area (Å²) in [6.07, 6.45) is 0.414. The number of hydrogen-bond donors (Lipinski definition) is 0. The summed E-state index contributed by atoms with van der Waals surface area (Å²) in [7, 11) is 0. The van der Waals surface area contributed by atoms with Crippen LogP contribution in [0, 0.1) is 11.3 Å². The van der Waals surface area contributed by atoms with E-state index >= 15 is 0 Å². The number of fused-ring (bicyclic) bond motifs is 1. The van der Waals surface area contributed by atoms with Crippen LogP contribution >= 0.6 is 0 Å². The summed E-state index contributed by atoms with van der Waals surface area (Å²) in [6.45, 7) is 1.81. The summed E-state index contributed by atoms with van der Waals surface area (Å²) in [5.41, 5.74) is -0.534.